The third kappa shape index (κ3) is 3.84. The fourth-order valence-electron chi connectivity index (χ4n) is 1.92. The Morgan fingerprint density at radius 2 is 2.00 bits per heavy atom. The fourth-order valence-corrected chi connectivity index (χ4v) is 2.67. The van der Waals surface area contributed by atoms with E-state index < -0.39 is 10.0 Å². The lowest BCUT2D eigenvalue weighted by Crippen LogP contribution is -2.28. The van der Waals surface area contributed by atoms with Crippen molar-refractivity contribution in [2.75, 3.05) is 30.8 Å². The Bertz CT molecular complexity index is 527. The summed E-state index contributed by atoms with van der Waals surface area (Å²) in [4.78, 5) is 2.33. The lowest BCUT2D eigenvalue weighted by atomic mass is 10.1. The first-order chi connectivity index (χ1) is 8.81. The van der Waals surface area contributed by atoms with E-state index in [9.17, 15) is 8.42 Å². The third-order valence-corrected chi connectivity index (χ3v) is 4.30. The van der Waals surface area contributed by atoms with Gasteiger partial charge in [-0.05, 0) is 38.1 Å². The van der Waals surface area contributed by atoms with Gasteiger partial charge in [-0.2, -0.15) is 0 Å². The van der Waals surface area contributed by atoms with Gasteiger partial charge in [0.05, 0.1) is 16.3 Å². The minimum Gasteiger partial charge on any atom is -0.397 e. The molecule has 0 atom stereocenters. The predicted octanol–water partition coefficient (Wildman–Crippen LogP) is 1.66. The maximum atomic E-state index is 11.8. The maximum Gasteiger partial charge on any atom is 0.240 e. The summed E-state index contributed by atoms with van der Waals surface area (Å²) in [5.41, 5.74) is 7.34. The van der Waals surface area contributed by atoms with Crippen LogP contribution < -0.4 is 15.4 Å². The van der Waals surface area contributed by atoms with Crippen LogP contribution in [0.5, 0.6) is 0 Å². The highest BCUT2D eigenvalue weighted by Crippen LogP contribution is 2.27. The van der Waals surface area contributed by atoms with E-state index in [1.807, 2.05) is 6.92 Å². The van der Waals surface area contributed by atoms with Crippen molar-refractivity contribution in [3.63, 3.8) is 0 Å². The molecule has 0 aromatic heterocycles. The molecule has 0 unspecified atom stereocenters. The van der Waals surface area contributed by atoms with Crippen molar-refractivity contribution in [1.82, 2.24) is 4.72 Å². The zero-order chi connectivity index (χ0) is 14.6. The summed E-state index contributed by atoms with van der Waals surface area (Å²) in [6, 6.07) is 4.80. The van der Waals surface area contributed by atoms with Crippen molar-refractivity contribution < 1.29 is 8.42 Å². The van der Waals surface area contributed by atoms with E-state index in [0.29, 0.717) is 11.6 Å². The molecule has 0 heterocycles. The van der Waals surface area contributed by atoms with Gasteiger partial charge in [0, 0.05) is 13.1 Å². The van der Waals surface area contributed by atoms with Crippen LogP contribution in [0, 0.1) is 5.92 Å². The first-order valence-corrected chi connectivity index (χ1v) is 7.88. The molecule has 6 heteroatoms. The van der Waals surface area contributed by atoms with E-state index in [-0.39, 0.29) is 4.90 Å². The van der Waals surface area contributed by atoms with Crippen molar-refractivity contribution in [2.24, 2.45) is 5.92 Å². The molecule has 1 rings (SSSR count). The summed E-state index contributed by atoms with van der Waals surface area (Å²) >= 11 is 0. The molecule has 3 N–H and O–H groups in total. The Balaban J connectivity index is 3.23. The molecule has 0 amide bonds. The average molecular weight is 285 g/mol. The molecular formula is C13H23N3O2S. The Labute approximate surface area is 115 Å². The number of hydrogen-bond acceptors (Lipinski definition) is 4. The zero-order valence-corrected chi connectivity index (χ0v) is 12.8. The molecule has 0 bridgehead atoms. The van der Waals surface area contributed by atoms with Gasteiger partial charge in [-0.15, -0.1) is 0 Å². The van der Waals surface area contributed by atoms with Gasteiger partial charge in [-0.1, -0.05) is 13.8 Å². The Hall–Kier alpha value is -1.27. The molecule has 0 aliphatic carbocycles. The van der Waals surface area contributed by atoms with Crippen LogP contribution in [0.15, 0.2) is 23.1 Å². The second-order valence-corrected chi connectivity index (χ2v) is 6.75. The molecule has 0 saturated carbocycles. The average Bonchev–Trinajstić information content (AvgIpc) is 2.36. The minimum atomic E-state index is -3.44. The summed E-state index contributed by atoms with van der Waals surface area (Å²) in [5.74, 6) is 0.476. The van der Waals surface area contributed by atoms with Gasteiger partial charge in [-0.25, -0.2) is 13.1 Å². The van der Waals surface area contributed by atoms with Crippen LogP contribution in [0.3, 0.4) is 0 Å². The number of benzene rings is 1. The fraction of sp³-hybridized carbons (Fsp3) is 0.538. The molecule has 0 fully saturated rings. The lowest BCUT2D eigenvalue weighted by molar-refractivity contribution is 0.588. The van der Waals surface area contributed by atoms with Crippen LogP contribution in [-0.4, -0.2) is 28.6 Å². The van der Waals surface area contributed by atoms with Crippen LogP contribution in [0.1, 0.15) is 20.8 Å². The Morgan fingerprint density at radius 3 is 2.47 bits per heavy atom. The molecule has 1 aromatic rings. The van der Waals surface area contributed by atoms with E-state index in [1.54, 1.807) is 12.1 Å². The smallest absolute Gasteiger partial charge is 0.240 e. The molecular weight excluding hydrogens is 262 g/mol. The lowest BCUT2D eigenvalue weighted by Gasteiger charge is -2.27. The van der Waals surface area contributed by atoms with E-state index in [4.69, 9.17) is 5.73 Å². The monoisotopic (exact) mass is 285 g/mol. The highest BCUT2D eigenvalue weighted by molar-refractivity contribution is 7.89. The molecule has 1 aromatic carbocycles. The molecule has 5 nitrogen and oxygen atoms in total. The molecule has 108 valence electrons. The van der Waals surface area contributed by atoms with Gasteiger partial charge < -0.3 is 10.6 Å². The van der Waals surface area contributed by atoms with Gasteiger partial charge in [0.25, 0.3) is 0 Å². The van der Waals surface area contributed by atoms with E-state index in [0.717, 1.165) is 18.8 Å². The largest absolute Gasteiger partial charge is 0.397 e. The zero-order valence-electron chi connectivity index (χ0n) is 12.0. The summed E-state index contributed by atoms with van der Waals surface area (Å²) in [6.45, 7) is 7.89. The van der Waals surface area contributed by atoms with Crippen molar-refractivity contribution in [1.29, 1.82) is 0 Å². The number of nitrogens with two attached hydrogens (primary N) is 1. The molecule has 19 heavy (non-hydrogen) atoms. The number of sulfonamides is 1. The van der Waals surface area contributed by atoms with Crippen LogP contribution in [-0.2, 0) is 10.0 Å². The van der Waals surface area contributed by atoms with Crippen molar-refractivity contribution in [3.05, 3.63) is 18.2 Å². The van der Waals surface area contributed by atoms with E-state index in [2.05, 4.69) is 23.5 Å². The molecule has 0 saturated heterocycles. The highest BCUT2D eigenvalue weighted by atomic mass is 32.2. The van der Waals surface area contributed by atoms with Crippen LogP contribution in [0.25, 0.3) is 0 Å². The van der Waals surface area contributed by atoms with Gasteiger partial charge in [0.15, 0.2) is 0 Å². The summed E-state index contributed by atoms with van der Waals surface area (Å²) in [5, 5.41) is 0. The summed E-state index contributed by atoms with van der Waals surface area (Å²) < 4.78 is 26.0. The number of nitrogens with zero attached hydrogens (tertiary/aromatic N) is 1. The molecule has 0 aliphatic rings. The molecule has 0 aliphatic heterocycles. The van der Waals surface area contributed by atoms with Crippen LogP contribution in [0.4, 0.5) is 11.4 Å². The topological polar surface area (TPSA) is 75.4 Å². The highest BCUT2D eigenvalue weighted by Gasteiger charge is 2.16. The standard InChI is InChI=1S/C13H23N3O2S/c1-5-16(9-10(2)3)13-8-11(6-7-12(13)14)19(17,18)15-4/h6-8,10,15H,5,9,14H2,1-4H3. The van der Waals surface area contributed by atoms with Gasteiger partial charge in [-0.3, -0.25) is 0 Å². The summed E-state index contributed by atoms with van der Waals surface area (Å²) in [6.07, 6.45) is 0. The normalized spacial score (nSPS) is 11.8. The van der Waals surface area contributed by atoms with E-state index in [1.165, 1.54) is 13.1 Å². The number of anilines is 2. The van der Waals surface area contributed by atoms with Gasteiger partial charge in [0.2, 0.25) is 10.0 Å². The van der Waals surface area contributed by atoms with Crippen LogP contribution in [0.2, 0.25) is 0 Å². The summed E-state index contributed by atoms with van der Waals surface area (Å²) in [7, 11) is -2.04. The quantitative estimate of drug-likeness (QED) is 0.779. The number of rotatable bonds is 6. The first kappa shape index (κ1) is 15.8. The Morgan fingerprint density at radius 1 is 1.37 bits per heavy atom. The van der Waals surface area contributed by atoms with Crippen molar-refractivity contribution in [2.45, 2.75) is 25.7 Å². The third-order valence-electron chi connectivity index (χ3n) is 2.89. The number of nitrogens with one attached hydrogen (secondary N) is 1. The Kier molecular flexibility index (Phi) is 5.20. The van der Waals surface area contributed by atoms with Gasteiger partial charge >= 0.3 is 0 Å². The second-order valence-electron chi connectivity index (χ2n) is 4.86. The first-order valence-electron chi connectivity index (χ1n) is 6.39. The number of nitrogen functional groups attached to an aromatic ring is 1. The second kappa shape index (κ2) is 6.25. The van der Waals surface area contributed by atoms with Crippen molar-refractivity contribution in [3.8, 4) is 0 Å². The molecule has 0 radical (unpaired) electrons. The SMILES string of the molecule is CCN(CC(C)C)c1cc(S(=O)(=O)NC)ccc1N. The van der Waals surface area contributed by atoms with Crippen LogP contribution >= 0.6 is 0 Å². The van der Waals surface area contributed by atoms with Gasteiger partial charge in [0.1, 0.15) is 0 Å². The van der Waals surface area contributed by atoms with E-state index >= 15 is 0 Å². The maximum absolute atomic E-state index is 11.8. The number of hydrogen-bond donors (Lipinski definition) is 2. The van der Waals surface area contributed by atoms with Crippen molar-refractivity contribution >= 4 is 21.4 Å². The minimum absolute atomic E-state index is 0.237. The predicted molar refractivity (Wildman–Crippen MR) is 79.8 cm³/mol. The molecule has 0 spiro atoms.